The second kappa shape index (κ2) is 5.68. The number of hydrogen-bond acceptors (Lipinski definition) is 5. The third-order valence-corrected chi connectivity index (χ3v) is 4.23. The van der Waals surface area contributed by atoms with Gasteiger partial charge in [-0.2, -0.15) is 0 Å². The monoisotopic (exact) mass is 327 g/mol. The highest BCUT2D eigenvalue weighted by Crippen LogP contribution is 2.28. The molecule has 2 heterocycles. The lowest BCUT2D eigenvalue weighted by atomic mass is 9.85. The van der Waals surface area contributed by atoms with Crippen LogP contribution in [0.25, 0.3) is 0 Å². The van der Waals surface area contributed by atoms with Crippen molar-refractivity contribution < 1.29 is 9.59 Å². The van der Waals surface area contributed by atoms with Gasteiger partial charge in [-0.3, -0.25) is 19.2 Å². The Labute approximate surface area is 137 Å². The molecule has 3 N–H and O–H groups in total. The lowest BCUT2D eigenvalue weighted by Gasteiger charge is -2.23. The minimum absolute atomic E-state index is 0.0344. The number of carbonyl (C=O) groups is 2. The first kappa shape index (κ1) is 16.1. The van der Waals surface area contributed by atoms with Gasteiger partial charge in [0.25, 0.3) is 5.56 Å². The number of hydrogen-bond donors (Lipinski definition) is 2. The zero-order valence-corrected chi connectivity index (χ0v) is 13.4. The van der Waals surface area contributed by atoms with E-state index in [4.69, 9.17) is 5.73 Å². The van der Waals surface area contributed by atoms with E-state index >= 15 is 0 Å². The van der Waals surface area contributed by atoms with Gasteiger partial charge in [-0.15, -0.1) is 0 Å². The zero-order chi connectivity index (χ0) is 17.6. The van der Waals surface area contributed by atoms with Gasteiger partial charge >= 0.3 is 0 Å². The molecule has 2 aromatic rings. The Morgan fingerprint density at radius 2 is 1.67 bits per heavy atom. The van der Waals surface area contributed by atoms with Gasteiger partial charge in [0.1, 0.15) is 11.4 Å². The highest BCUT2D eigenvalue weighted by Gasteiger charge is 2.35. The van der Waals surface area contributed by atoms with Crippen molar-refractivity contribution in [3.8, 4) is 0 Å². The molecule has 0 aromatic carbocycles. The fourth-order valence-corrected chi connectivity index (χ4v) is 3.16. The number of H-pyrrole nitrogens is 1. The summed E-state index contributed by atoms with van der Waals surface area (Å²) in [4.78, 5) is 52.3. The van der Waals surface area contributed by atoms with E-state index in [2.05, 4.69) is 4.98 Å². The molecule has 24 heavy (non-hydrogen) atoms. The van der Waals surface area contributed by atoms with Gasteiger partial charge < -0.3 is 15.3 Å². The SMILES string of the molecule is Cc1cc(=O)[nH]c2c1C(=O)c1c(C)cc(=O)n(CCCN)c1C2=O. The fourth-order valence-electron chi connectivity index (χ4n) is 3.16. The second-order valence-electron chi connectivity index (χ2n) is 5.91. The standard InChI is InChI=1S/C17H17N3O4/c1-8-6-10(21)19-14-12(8)16(23)13-9(2)7-11(22)20(5-3-4-18)15(13)17(14)24/h6-7H,3-5,18H2,1-2H3,(H,19,21). The molecule has 0 unspecified atom stereocenters. The Kier molecular flexibility index (Phi) is 3.81. The van der Waals surface area contributed by atoms with Gasteiger partial charge in [-0.1, -0.05) is 0 Å². The molecule has 0 amide bonds. The maximum Gasteiger partial charge on any atom is 0.251 e. The predicted octanol–water partition coefficient (Wildman–Crippen LogP) is 0.278. The van der Waals surface area contributed by atoms with Crippen LogP contribution in [0, 0.1) is 13.8 Å². The molecule has 7 heteroatoms. The van der Waals surface area contributed by atoms with Crippen LogP contribution in [-0.4, -0.2) is 27.7 Å². The summed E-state index contributed by atoms with van der Waals surface area (Å²) in [7, 11) is 0. The summed E-state index contributed by atoms with van der Waals surface area (Å²) in [6.07, 6.45) is 0.494. The number of carbonyl (C=O) groups excluding carboxylic acids is 2. The Morgan fingerprint density at radius 3 is 2.33 bits per heavy atom. The van der Waals surface area contributed by atoms with Crippen LogP contribution in [-0.2, 0) is 6.54 Å². The molecular formula is C17H17N3O4. The van der Waals surface area contributed by atoms with Crippen LogP contribution in [0.1, 0.15) is 49.7 Å². The topological polar surface area (TPSA) is 115 Å². The Balaban J connectivity index is 2.37. The molecule has 2 aromatic heterocycles. The van der Waals surface area contributed by atoms with Gasteiger partial charge in [0.15, 0.2) is 5.78 Å². The molecule has 1 aliphatic rings. The molecule has 7 nitrogen and oxygen atoms in total. The highest BCUT2D eigenvalue weighted by molar-refractivity contribution is 6.27. The lowest BCUT2D eigenvalue weighted by molar-refractivity contribution is 0.0965. The molecule has 3 rings (SSSR count). The van der Waals surface area contributed by atoms with E-state index in [-0.39, 0.29) is 40.4 Å². The largest absolute Gasteiger partial charge is 0.330 e. The molecule has 0 fully saturated rings. The van der Waals surface area contributed by atoms with Crippen molar-refractivity contribution in [2.75, 3.05) is 6.54 Å². The zero-order valence-electron chi connectivity index (χ0n) is 13.4. The minimum atomic E-state index is -0.516. The number of aromatic nitrogens is 2. The molecule has 0 radical (unpaired) electrons. The number of pyridine rings is 2. The van der Waals surface area contributed by atoms with Crippen LogP contribution in [0.15, 0.2) is 21.7 Å². The Morgan fingerprint density at radius 1 is 1.00 bits per heavy atom. The summed E-state index contributed by atoms with van der Waals surface area (Å²) in [5, 5.41) is 0. The Bertz CT molecular complexity index is 998. The van der Waals surface area contributed by atoms with Crippen LogP contribution in [0.4, 0.5) is 0 Å². The van der Waals surface area contributed by atoms with E-state index in [1.54, 1.807) is 13.8 Å². The van der Waals surface area contributed by atoms with Crippen LogP contribution >= 0.6 is 0 Å². The molecule has 0 atom stereocenters. The lowest BCUT2D eigenvalue weighted by Crippen LogP contribution is -2.36. The quantitative estimate of drug-likeness (QED) is 0.717. The molecule has 1 aliphatic carbocycles. The number of nitrogens with two attached hydrogens (primary N) is 1. The number of ketones is 2. The number of rotatable bonds is 3. The van der Waals surface area contributed by atoms with E-state index in [0.29, 0.717) is 24.1 Å². The van der Waals surface area contributed by atoms with Crippen LogP contribution in [0.3, 0.4) is 0 Å². The van der Waals surface area contributed by atoms with Crippen molar-refractivity contribution in [2.45, 2.75) is 26.8 Å². The summed E-state index contributed by atoms with van der Waals surface area (Å²) >= 11 is 0. The minimum Gasteiger partial charge on any atom is -0.330 e. The molecule has 0 saturated heterocycles. The van der Waals surface area contributed by atoms with Gasteiger partial charge in [-0.25, -0.2) is 0 Å². The Hall–Kier alpha value is -2.80. The molecule has 124 valence electrons. The summed E-state index contributed by atoms with van der Waals surface area (Å²) in [5.41, 5.74) is 5.97. The van der Waals surface area contributed by atoms with Crippen LogP contribution < -0.4 is 16.9 Å². The summed E-state index contributed by atoms with van der Waals surface area (Å²) in [5.74, 6) is -0.870. The smallest absolute Gasteiger partial charge is 0.251 e. The average Bonchev–Trinajstić information content (AvgIpc) is 2.50. The average molecular weight is 327 g/mol. The summed E-state index contributed by atoms with van der Waals surface area (Å²) in [6.45, 7) is 3.83. The van der Waals surface area contributed by atoms with E-state index in [1.807, 2.05) is 0 Å². The van der Waals surface area contributed by atoms with E-state index < -0.39 is 11.3 Å². The maximum absolute atomic E-state index is 12.9. The summed E-state index contributed by atoms with van der Waals surface area (Å²) < 4.78 is 1.28. The number of nitrogens with zero attached hydrogens (tertiary/aromatic N) is 1. The van der Waals surface area contributed by atoms with Crippen molar-refractivity contribution in [2.24, 2.45) is 5.73 Å². The molecule has 0 spiro atoms. The second-order valence-corrected chi connectivity index (χ2v) is 5.91. The number of aromatic amines is 1. The third-order valence-electron chi connectivity index (χ3n) is 4.23. The van der Waals surface area contributed by atoms with Gasteiger partial charge in [0.2, 0.25) is 11.3 Å². The third kappa shape index (κ3) is 2.25. The predicted molar refractivity (Wildman–Crippen MR) is 87.8 cm³/mol. The maximum atomic E-state index is 12.9. The molecule has 0 saturated carbocycles. The van der Waals surface area contributed by atoms with E-state index in [9.17, 15) is 19.2 Å². The molecular weight excluding hydrogens is 310 g/mol. The highest BCUT2D eigenvalue weighted by atomic mass is 16.2. The van der Waals surface area contributed by atoms with Crippen molar-refractivity contribution in [3.05, 3.63) is 66.5 Å². The molecule has 0 aliphatic heterocycles. The van der Waals surface area contributed by atoms with E-state index in [0.717, 1.165) is 0 Å². The number of fused-ring (bicyclic) bond motifs is 2. The van der Waals surface area contributed by atoms with Crippen molar-refractivity contribution >= 4 is 11.6 Å². The fraction of sp³-hybridized carbons (Fsp3) is 0.294. The van der Waals surface area contributed by atoms with Crippen molar-refractivity contribution in [3.63, 3.8) is 0 Å². The van der Waals surface area contributed by atoms with Gasteiger partial charge in [-0.05, 0) is 37.9 Å². The van der Waals surface area contributed by atoms with Crippen molar-refractivity contribution in [1.29, 1.82) is 0 Å². The van der Waals surface area contributed by atoms with Gasteiger partial charge in [0, 0.05) is 18.7 Å². The normalized spacial score (nSPS) is 13.0. The van der Waals surface area contributed by atoms with Gasteiger partial charge in [0.05, 0.1) is 11.1 Å². The van der Waals surface area contributed by atoms with Crippen molar-refractivity contribution in [1.82, 2.24) is 9.55 Å². The first-order chi connectivity index (χ1) is 11.4. The first-order valence-corrected chi connectivity index (χ1v) is 7.64. The number of nitrogens with one attached hydrogen (secondary N) is 1. The summed E-state index contributed by atoms with van der Waals surface area (Å²) in [6, 6.07) is 2.64. The van der Waals surface area contributed by atoms with Crippen LogP contribution in [0.5, 0.6) is 0 Å². The first-order valence-electron chi connectivity index (χ1n) is 7.64. The number of aryl methyl sites for hydroxylation is 2. The van der Waals surface area contributed by atoms with Crippen LogP contribution in [0.2, 0.25) is 0 Å². The molecule has 0 bridgehead atoms. The van der Waals surface area contributed by atoms with E-state index in [1.165, 1.54) is 16.7 Å².